The predicted octanol–water partition coefficient (Wildman–Crippen LogP) is 2.32. The molecule has 0 radical (unpaired) electrons. The molecule has 4 nitrogen and oxygen atoms in total. The predicted molar refractivity (Wildman–Crippen MR) is 69.0 cm³/mol. The van der Waals surface area contributed by atoms with Crippen molar-refractivity contribution in [2.24, 2.45) is 5.92 Å². The first-order chi connectivity index (χ1) is 8.45. The quantitative estimate of drug-likeness (QED) is 0.836. The number of carbonyl (C=O) groups is 1. The first-order valence-electron chi connectivity index (χ1n) is 5.94. The van der Waals surface area contributed by atoms with Crippen LogP contribution in [0.15, 0.2) is 24.3 Å². The summed E-state index contributed by atoms with van der Waals surface area (Å²) >= 11 is 0. The molecule has 1 rings (SSSR count). The highest BCUT2D eigenvalue weighted by Crippen LogP contribution is 2.16. The molecule has 0 aliphatic rings. The number of nitrogens with one attached hydrogen (secondary N) is 1. The average Bonchev–Trinajstić information content (AvgIpc) is 2.35. The van der Waals surface area contributed by atoms with E-state index in [1.165, 1.54) is 0 Å². The van der Waals surface area contributed by atoms with Crippen molar-refractivity contribution in [3.63, 3.8) is 0 Å². The van der Waals surface area contributed by atoms with Gasteiger partial charge in [-0.25, -0.2) is 0 Å². The highest BCUT2D eigenvalue weighted by atomic mass is 16.4. The van der Waals surface area contributed by atoms with Gasteiger partial charge >= 0.3 is 5.97 Å². The summed E-state index contributed by atoms with van der Waals surface area (Å²) in [5, 5.41) is 20.9. The number of hydrogen-bond donors (Lipinski definition) is 2. The molecule has 0 aromatic heterocycles. The van der Waals surface area contributed by atoms with Crippen molar-refractivity contribution >= 4 is 5.97 Å². The van der Waals surface area contributed by atoms with E-state index >= 15 is 0 Å². The van der Waals surface area contributed by atoms with E-state index < -0.39 is 12.0 Å². The van der Waals surface area contributed by atoms with Gasteiger partial charge in [0, 0.05) is 6.04 Å². The zero-order valence-corrected chi connectivity index (χ0v) is 10.8. The monoisotopic (exact) mass is 246 g/mol. The summed E-state index contributed by atoms with van der Waals surface area (Å²) in [5.74, 6) is -0.825. The SMILES string of the molecule is CC(NC(C(=O)O)C(C)C)c1ccc(C#N)cc1. The van der Waals surface area contributed by atoms with Crippen LogP contribution in [-0.4, -0.2) is 17.1 Å². The van der Waals surface area contributed by atoms with Gasteiger partial charge in [0.15, 0.2) is 0 Å². The molecule has 0 aliphatic heterocycles. The van der Waals surface area contributed by atoms with E-state index in [4.69, 9.17) is 10.4 Å². The molecule has 0 saturated heterocycles. The molecule has 0 aliphatic carbocycles. The van der Waals surface area contributed by atoms with E-state index in [0.717, 1.165) is 5.56 Å². The van der Waals surface area contributed by atoms with Crippen LogP contribution >= 0.6 is 0 Å². The molecular formula is C14H18N2O2. The highest BCUT2D eigenvalue weighted by molar-refractivity contribution is 5.73. The third-order valence-electron chi connectivity index (χ3n) is 2.90. The van der Waals surface area contributed by atoms with Gasteiger partial charge in [-0.15, -0.1) is 0 Å². The molecule has 0 saturated carbocycles. The fraction of sp³-hybridized carbons (Fsp3) is 0.429. The van der Waals surface area contributed by atoms with Gasteiger partial charge in [0.2, 0.25) is 0 Å². The van der Waals surface area contributed by atoms with E-state index in [1.807, 2.05) is 32.9 Å². The van der Waals surface area contributed by atoms with Crippen LogP contribution in [0.25, 0.3) is 0 Å². The number of nitriles is 1. The van der Waals surface area contributed by atoms with E-state index in [-0.39, 0.29) is 12.0 Å². The van der Waals surface area contributed by atoms with Gasteiger partial charge in [-0.3, -0.25) is 10.1 Å². The molecular weight excluding hydrogens is 228 g/mol. The van der Waals surface area contributed by atoms with Crippen molar-refractivity contribution in [1.82, 2.24) is 5.32 Å². The molecule has 2 atom stereocenters. The van der Waals surface area contributed by atoms with Crippen LogP contribution in [0.3, 0.4) is 0 Å². The maximum Gasteiger partial charge on any atom is 0.320 e. The van der Waals surface area contributed by atoms with E-state index in [2.05, 4.69) is 11.4 Å². The molecule has 1 aromatic rings. The summed E-state index contributed by atoms with van der Waals surface area (Å²) in [6.07, 6.45) is 0. The molecule has 2 N–H and O–H groups in total. The van der Waals surface area contributed by atoms with Crippen molar-refractivity contribution in [3.05, 3.63) is 35.4 Å². The second kappa shape index (κ2) is 6.18. The maximum absolute atomic E-state index is 11.1. The largest absolute Gasteiger partial charge is 0.480 e. The van der Waals surface area contributed by atoms with E-state index in [9.17, 15) is 4.79 Å². The Morgan fingerprint density at radius 3 is 2.22 bits per heavy atom. The van der Waals surface area contributed by atoms with Gasteiger partial charge in [0.05, 0.1) is 11.6 Å². The number of hydrogen-bond acceptors (Lipinski definition) is 3. The smallest absolute Gasteiger partial charge is 0.320 e. The second-order valence-corrected chi connectivity index (χ2v) is 4.68. The van der Waals surface area contributed by atoms with Crippen molar-refractivity contribution in [3.8, 4) is 6.07 Å². The number of rotatable bonds is 5. The molecule has 0 amide bonds. The Morgan fingerprint density at radius 1 is 1.28 bits per heavy atom. The Bertz CT molecular complexity index is 446. The van der Waals surface area contributed by atoms with Crippen LogP contribution < -0.4 is 5.32 Å². The first kappa shape index (κ1) is 14.2. The summed E-state index contributed by atoms with van der Waals surface area (Å²) in [6.45, 7) is 5.66. The number of carboxylic acids is 1. The molecule has 1 aromatic carbocycles. The normalized spacial score (nSPS) is 13.9. The third-order valence-corrected chi connectivity index (χ3v) is 2.90. The standard InChI is InChI=1S/C14H18N2O2/c1-9(2)13(14(17)18)16-10(3)12-6-4-11(8-15)5-7-12/h4-7,9-10,13,16H,1-3H3,(H,17,18). The summed E-state index contributed by atoms with van der Waals surface area (Å²) in [7, 11) is 0. The van der Waals surface area contributed by atoms with Crippen molar-refractivity contribution in [2.45, 2.75) is 32.9 Å². The molecule has 4 heteroatoms. The lowest BCUT2D eigenvalue weighted by Crippen LogP contribution is -2.42. The molecule has 2 unspecified atom stereocenters. The molecule has 18 heavy (non-hydrogen) atoms. The Morgan fingerprint density at radius 2 is 1.83 bits per heavy atom. The van der Waals surface area contributed by atoms with Gasteiger partial charge in [-0.2, -0.15) is 5.26 Å². The molecule has 0 spiro atoms. The Kier molecular flexibility index (Phi) is 4.87. The summed E-state index contributed by atoms with van der Waals surface area (Å²) < 4.78 is 0. The van der Waals surface area contributed by atoms with Crippen LogP contribution in [0.5, 0.6) is 0 Å². The Balaban J connectivity index is 2.77. The number of nitrogens with zero attached hydrogens (tertiary/aromatic N) is 1. The van der Waals surface area contributed by atoms with Crippen LogP contribution in [0.4, 0.5) is 0 Å². The fourth-order valence-corrected chi connectivity index (χ4v) is 1.76. The zero-order chi connectivity index (χ0) is 13.7. The van der Waals surface area contributed by atoms with Crippen LogP contribution in [0.2, 0.25) is 0 Å². The van der Waals surface area contributed by atoms with Crippen molar-refractivity contribution in [1.29, 1.82) is 5.26 Å². The molecule has 96 valence electrons. The summed E-state index contributed by atoms with van der Waals surface area (Å²) in [4.78, 5) is 11.1. The molecule has 0 heterocycles. The van der Waals surface area contributed by atoms with Gasteiger partial charge in [-0.1, -0.05) is 26.0 Å². The van der Waals surface area contributed by atoms with Gasteiger partial charge in [0.25, 0.3) is 0 Å². The third kappa shape index (κ3) is 3.57. The minimum atomic E-state index is -0.842. The highest BCUT2D eigenvalue weighted by Gasteiger charge is 2.23. The topological polar surface area (TPSA) is 73.1 Å². The minimum absolute atomic E-state index is 0.0170. The molecule has 0 fully saturated rings. The number of benzene rings is 1. The van der Waals surface area contributed by atoms with E-state index in [1.54, 1.807) is 12.1 Å². The average molecular weight is 246 g/mol. The van der Waals surface area contributed by atoms with Crippen molar-refractivity contribution in [2.75, 3.05) is 0 Å². The number of aliphatic carboxylic acids is 1. The lowest BCUT2D eigenvalue weighted by atomic mass is 10.0. The second-order valence-electron chi connectivity index (χ2n) is 4.68. The van der Waals surface area contributed by atoms with Crippen LogP contribution in [0, 0.1) is 17.2 Å². The minimum Gasteiger partial charge on any atom is -0.480 e. The summed E-state index contributed by atoms with van der Waals surface area (Å²) in [6, 6.07) is 8.57. The lowest BCUT2D eigenvalue weighted by molar-refractivity contribution is -0.140. The van der Waals surface area contributed by atoms with Gasteiger partial charge in [-0.05, 0) is 30.5 Å². The van der Waals surface area contributed by atoms with E-state index in [0.29, 0.717) is 5.56 Å². The van der Waals surface area contributed by atoms with Gasteiger partial charge in [0.1, 0.15) is 6.04 Å². The Labute approximate surface area is 107 Å². The zero-order valence-electron chi connectivity index (χ0n) is 10.8. The fourth-order valence-electron chi connectivity index (χ4n) is 1.76. The van der Waals surface area contributed by atoms with Crippen LogP contribution in [-0.2, 0) is 4.79 Å². The first-order valence-corrected chi connectivity index (χ1v) is 5.94. The lowest BCUT2D eigenvalue weighted by Gasteiger charge is -2.23. The maximum atomic E-state index is 11.1. The summed E-state index contributed by atoms with van der Waals surface area (Å²) in [5.41, 5.74) is 1.57. The number of carboxylic acid groups (broad SMARTS) is 1. The van der Waals surface area contributed by atoms with Crippen molar-refractivity contribution < 1.29 is 9.90 Å². The van der Waals surface area contributed by atoms with Gasteiger partial charge < -0.3 is 5.11 Å². The Hall–Kier alpha value is -1.86. The van der Waals surface area contributed by atoms with Crippen LogP contribution in [0.1, 0.15) is 37.9 Å². The molecule has 0 bridgehead atoms.